The highest BCUT2D eigenvalue weighted by atomic mass is 32.2. The molecule has 0 aliphatic heterocycles. The van der Waals surface area contributed by atoms with Crippen LogP contribution in [0.3, 0.4) is 0 Å². The van der Waals surface area contributed by atoms with Crippen LogP contribution < -0.4 is 9.44 Å². The molecule has 8 nitrogen and oxygen atoms in total. The summed E-state index contributed by atoms with van der Waals surface area (Å²) >= 11 is 0. The average molecular weight is 392 g/mol. The van der Waals surface area contributed by atoms with Gasteiger partial charge in [0.1, 0.15) is 5.82 Å². The van der Waals surface area contributed by atoms with Gasteiger partial charge in [0.25, 0.3) is 10.0 Å². The van der Waals surface area contributed by atoms with E-state index in [0.717, 1.165) is 6.26 Å². The summed E-state index contributed by atoms with van der Waals surface area (Å²) in [4.78, 5) is -0.00244. The molecule has 1 aromatic heterocycles. The van der Waals surface area contributed by atoms with E-state index in [0.29, 0.717) is 5.69 Å². The van der Waals surface area contributed by atoms with Crippen LogP contribution >= 0.6 is 0 Å². The summed E-state index contributed by atoms with van der Waals surface area (Å²) < 4.78 is 53.8. The molecule has 1 heterocycles. The Bertz CT molecular complexity index is 1110. The van der Waals surface area contributed by atoms with Crippen molar-refractivity contribution >= 4 is 31.6 Å². The molecule has 2 aromatic carbocycles. The lowest BCUT2D eigenvalue weighted by molar-refractivity contribution is 0.600. The first-order valence-electron chi connectivity index (χ1n) is 7.45. The predicted molar refractivity (Wildman–Crippen MR) is 99.3 cm³/mol. The van der Waals surface area contributed by atoms with E-state index in [-0.39, 0.29) is 16.4 Å². The van der Waals surface area contributed by atoms with Gasteiger partial charge in [0.15, 0.2) is 0 Å². The number of benzene rings is 2. The van der Waals surface area contributed by atoms with Crippen molar-refractivity contribution in [1.82, 2.24) is 9.78 Å². The van der Waals surface area contributed by atoms with Crippen LogP contribution in [-0.4, -0.2) is 32.9 Å². The summed E-state index contributed by atoms with van der Waals surface area (Å²) in [5.41, 5.74) is 0.990. The number of nitrogens with one attached hydrogen (secondary N) is 2. The van der Waals surface area contributed by atoms with E-state index in [1.807, 2.05) is 18.2 Å². The standard InChI is InChI=1S/C16H16N4O4S2/c1-25(21,22)18-13-7-9-15(10-8-13)26(23,24)19-16-11-12-17-20(16)14-5-3-2-4-6-14/h2-12,18-19H,1H3. The lowest BCUT2D eigenvalue weighted by Gasteiger charge is -2.11. The van der Waals surface area contributed by atoms with Crippen molar-refractivity contribution < 1.29 is 16.8 Å². The third kappa shape index (κ3) is 4.21. The quantitative estimate of drug-likeness (QED) is 0.667. The Kier molecular flexibility index (Phi) is 4.70. The molecule has 0 radical (unpaired) electrons. The third-order valence-corrected chi connectivity index (χ3v) is 5.33. The maximum Gasteiger partial charge on any atom is 0.263 e. The normalized spacial score (nSPS) is 11.9. The van der Waals surface area contributed by atoms with Crippen LogP contribution in [-0.2, 0) is 20.0 Å². The number of hydrogen-bond donors (Lipinski definition) is 2. The second-order valence-electron chi connectivity index (χ2n) is 5.47. The van der Waals surface area contributed by atoms with Crippen LogP contribution in [0, 0.1) is 0 Å². The Morgan fingerprint density at radius 1 is 0.846 bits per heavy atom. The van der Waals surface area contributed by atoms with E-state index in [1.165, 1.54) is 35.1 Å². The van der Waals surface area contributed by atoms with Gasteiger partial charge in [0.2, 0.25) is 10.0 Å². The van der Waals surface area contributed by atoms with Crippen molar-refractivity contribution in [3.8, 4) is 5.69 Å². The van der Waals surface area contributed by atoms with Crippen molar-refractivity contribution in [3.05, 3.63) is 66.9 Å². The van der Waals surface area contributed by atoms with Gasteiger partial charge in [-0.1, -0.05) is 18.2 Å². The number of sulfonamides is 2. The number of nitrogens with zero attached hydrogens (tertiary/aromatic N) is 2. The first-order chi connectivity index (χ1) is 12.2. The van der Waals surface area contributed by atoms with Crippen molar-refractivity contribution in [3.63, 3.8) is 0 Å². The molecule has 0 amide bonds. The highest BCUT2D eigenvalue weighted by Gasteiger charge is 2.17. The molecular weight excluding hydrogens is 376 g/mol. The van der Waals surface area contributed by atoms with Crippen LogP contribution in [0.5, 0.6) is 0 Å². The molecule has 10 heteroatoms. The molecule has 0 spiro atoms. The minimum Gasteiger partial charge on any atom is -0.284 e. The van der Waals surface area contributed by atoms with Crippen molar-refractivity contribution in [1.29, 1.82) is 0 Å². The van der Waals surface area contributed by atoms with Gasteiger partial charge in [0, 0.05) is 11.8 Å². The van der Waals surface area contributed by atoms with E-state index in [9.17, 15) is 16.8 Å². The number of para-hydroxylation sites is 1. The van der Waals surface area contributed by atoms with Crippen LogP contribution in [0.4, 0.5) is 11.5 Å². The van der Waals surface area contributed by atoms with E-state index in [4.69, 9.17) is 0 Å². The minimum absolute atomic E-state index is 0.00244. The van der Waals surface area contributed by atoms with Crippen molar-refractivity contribution in [2.75, 3.05) is 15.7 Å². The molecule has 0 bridgehead atoms. The Morgan fingerprint density at radius 3 is 2.12 bits per heavy atom. The first-order valence-corrected chi connectivity index (χ1v) is 10.8. The number of hydrogen-bond acceptors (Lipinski definition) is 5. The highest BCUT2D eigenvalue weighted by Crippen LogP contribution is 2.20. The van der Waals surface area contributed by atoms with Gasteiger partial charge < -0.3 is 0 Å². The largest absolute Gasteiger partial charge is 0.284 e. The summed E-state index contributed by atoms with van der Waals surface area (Å²) in [6, 6.07) is 16.0. The molecule has 0 saturated heterocycles. The second kappa shape index (κ2) is 6.81. The molecule has 3 rings (SSSR count). The van der Waals surface area contributed by atoms with Crippen molar-refractivity contribution in [2.45, 2.75) is 4.90 Å². The molecule has 136 valence electrons. The van der Waals surface area contributed by atoms with Crippen molar-refractivity contribution in [2.24, 2.45) is 0 Å². The summed E-state index contributed by atoms with van der Waals surface area (Å²) in [6.07, 6.45) is 2.51. The lowest BCUT2D eigenvalue weighted by atomic mass is 10.3. The van der Waals surface area contributed by atoms with E-state index >= 15 is 0 Å². The van der Waals surface area contributed by atoms with Gasteiger partial charge in [-0.25, -0.2) is 21.5 Å². The fraction of sp³-hybridized carbons (Fsp3) is 0.0625. The zero-order valence-electron chi connectivity index (χ0n) is 13.7. The Balaban J connectivity index is 1.85. The highest BCUT2D eigenvalue weighted by molar-refractivity contribution is 7.92. The van der Waals surface area contributed by atoms with Gasteiger partial charge in [-0.05, 0) is 36.4 Å². The first kappa shape index (κ1) is 18.0. The average Bonchev–Trinajstić information content (AvgIpc) is 3.02. The SMILES string of the molecule is CS(=O)(=O)Nc1ccc(S(=O)(=O)Nc2ccnn2-c2ccccc2)cc1. The third-order valence-electron chi connectivity index (χ3n) is 3.35. The molecule has 0 atom stereocenters. The minimum atomic E-state index is -3.86. The summed E-state index contributed by atoms with van der Waals surface area (Å²) in [6.45, 7) is 0. The van der Waals surface area contributed by atoms with E-state index in [1.54, 1.807) is 18.2 Å². The Morgan fingerprint density at radius 2 is 1.50 bits per heavy atom. The number of anilines is 2. The summed E-state index contributed by atoms with van der Waals surface area (Å²) in [5, 5.41) is 4.13. The maximum absolute atomic E-state index is 12.6. The second-order valence-corrected chi connectivity index (χ2v) is 8.90. The van der Waals surface area contributed by atoms with Gasteiger partial charge >= 0.3 is 0 Å². The van der Waals surface area contributed by atoms with Gasteiger partial charge in [-0.3, -0.25) is 9.44 Å². The van der Waals surface area contributed by atoms with Crippen LogP contribution in [0.15, 0.2) is 71.8 Å². The Hall–Kier alpha value is -2.85. The number of aromatic nitrogens is 2. The predicted octanol–water partition coefficient (Wildman–Crippen LogP) is 2.04. The van der Waals surface area contributed by atoms with Gasteiger partial charge in [-0.15, -0.1) is 0 Å². The molecule has 3 aromatic rings. The molecular formula is C16H16N4O4S2. The smallest absolute Gasteiger partial charge is 0.263 e. The monoisotopic (exact) mass is 392 g/mol. The van der Waals surface area contributed by atoms with E-state index in [2.05, 4.69) is 14.5 Å². The van der Waals surface area contributed by atoms with Crippen LogP contribution in [0.2, 0.25) is 0 Å². The van der Waals surface area contributed by atoms with E-state index < -0.39 is 20.0 Å². The lowest BCUT2D eigenvalue weighted by Crippen LogP contribution is -2.16. The van der Waals surface area contributed by atoms with Crippen LogP contribution in [0.1, 0.15) is 0 Å². The molecule has 0 aliphatic rings. The topological polar surface area (TPSA) is 110 Å². The summed E-state index contributed by atoms with van der Waals surface area (Å²) in [7, 11) is -7.29. The Labute approximate surface area is 151 Å². The molecule has 0 fully saturated rings. The zero-order chi connectivity index (χ0) is 18.8. The molecule has 2 N–H and O–H groups in total. The maximum atomic E-state index is 12.6. The summed E-state index contributed by atoms with van der Waals surface area (Å²) in [5.74, 6) is 0.287. The van der Waals surface area contributed by atoms with Crippen LogP contribution in [0.25, 0.3) is 5.69 Å². The van der Waals surface area contributed by atoms with Gasteiger partial charge in [0.05, 0.1) is 23.0 Å². The molecule has 26 heavy (non-hydrogen) atoms. The molecule has 0 saturated carbocycles. The molecule has 0 aliphatic carbocycles. The number of rotatable bonds is 6. The molecule has 0 unspecified atom stereocenters. The zero-order valence-corrected chi connectivity index (χ0v) is 15.3. The fourth-order valence-corrected chi connectivity index (χ4v) is 3.87. The fourth-order valence-electron chi connectivity index (χ4n) is 2.27. The van der Waals surface area contributed by atoms with Gasteiger partial charge in [-0.2, -0.15) is 5.10 Å².